The number of methoxy groups -OCH3 is 2. The molecule has 7 atom stereocenters. The minimum absolute atomic E-state index is 0.0198. The number of aldehydes is 2. The quantitative estimate of drug-likeness (QED) is 0.185. The van der Waals surface area contributed by atoms with Crippen LogP contribution < -0.4 is 11.0 Å². The van der Waals surface area contributed by atoms with Gasteiger partial charge in [0, 0.05) is 39.7 Å². The third kappa shape index (κ3) is 8.99. The van der Waals surface area contributed by atoms with Crippen LogP contribution in [0.5, 0.6) is 0 Å². The SMILES string of the molecule is COC1[C@@H](OC)[C@@H](COP(=O)(O)CP(=O)(O)OCC(C=O)CC=O)O[C@H]1n1ccc(NC(C)=O)nc1=O. The zero-order valence-electron chi connectivity index (χ0n) is 20.2. The van der Waals surface area contributed by atoms with Crippen LogP contribution in [0, 0.1) is 5.92 Å². The van der Waals surface area contributed by atoms with Crippen molar-refractivity contribution in [3.8, 4) is 0 Å². The van der Waals surface area contributed by atoms with Gasteiger partial charge in [0.1, 0.15) is 36.7 Å². The number of aromatic nitrogens is 2. The first kappa shape index (κ1) is 31.1. The summed E-state index contributed by atoms with van der Waals surface area (Å²) in [5, 5.41) is 2.37. The summed E-state index contributed by atoms with van der Waals surface area (Å²) in [5.74, 6) is -2.68. The standard InChI is InChI=1S/C19H29N3O13P2/c1-12(25)20-15-4-6-22(19(26)21-15)18-17(32-3)16(31-2)14(35-18)10-34-37(29,30)11-36(27,28)33-9-13(8-24)5-7-23/h4,6-8,13-14,16-18H,5,9-11H2,1-3H3,(H,27,28)(H,29,30)(H,20,21,25,26)/t13?,14-,16+,17?,18-/m1/s1. The van der Waals surface area contributed by atoms with E-state index in [4.69, 9.17) is 23.3 Å². The van der Waals surface area contributed by atoms with Crippen LogP contribution in [-0.4, -0.2) is 89.5 Å². The Balaban J connectivity index is 2.09. The monoisotopic (exact) mass is 569 g/mol. The number of ether oxygens (including phenoxy) is 3. The van der Waals surface area contributed by atoms with Gasteiger partial charge in [-0.3, -0.25) is 18.5 Å². The van der Waals surface area contributed by atoms with Crippen LogP contribution in [0.2, 0.25) is 0 Å². The molecule has 1 aromatic heterocycles. The second-order valence-electron chi connectivity index (χ2n) is 7.96. The number of hydrogen-bond donors (Lipinski definition) is 3. The van der Waals surface area contributed by atoms with Gasteiger partial charge in [0.25, 0.3) is 0 Å². The lowest BCUT2D eigenvalue weighted by atomic mass is 10.1. The molecule has 1 aliphatic rings. The molecule has 0 spiro atoms. The molecular formula is C19H29N3O13P2. The number of hydrogen-bond acceptors (Lipinski definition) is 12. The molecule has 1 aromatic rings. The van der Waals surface area contributed by atoms with Gasteiger partial charge in [-0.1, -0.05) is 0 Å². The van der Waals surface area contributed by atoms with E-state index in [9.17, 15) is 38.1 Å². The summed E-state index contributed by atoms with van der Waals surface area (Å²) in [4.78, 5) is 68.8. The molecule has 0 bridgehead atoms. The number of carbonyl (C=O) groups excluding carboxylic acids is 3. The van der Waals surface area contributed by atoms with E-state index in [1.807, 2.05) is 0 Å². The highest BCUT2D eigenvalue weighted by molar-refractivity contribution is 7.70. The van der Waals surface area contributed by atoms with Crippen LogP contribution in [0.3, 0.4) is 0 Å². The Morgan fingerprint density at radius 1 is 1.22 bits per heavy atom. The Kier molecular flexibility index (Phi) is 11.4. The molecule has 37 heavy (non-hydrogen) atoms. The molecule has 0 radical (unpaired) electrons. The Labute approximate surface area is 211 Å². The highest BCUT2D eigenvalue weighted by Crippen LogP contribution is 2.58. The van der Waals surface area contributed by atoms with Gasteiger partial charge in [0.2, 0.25) is 5.91 Å². The molecule has 0 aliphatic carbocycles. The molecule has 18 heteroatoms. The van der Waals surface area contributed by atoms with Crippen molar-refractivity contribution in [2.75, 3.05) is 38.7 Å². The van der Waals surface area contributed by atoms with Crippen molar-refractivity contribution in [1.29, 1.82) is 0 Å². The molecule has 3 N–H and O–H groups in total. The maximum Gasteiger partial charge on any atom is 0.351 e. The van der Waals surface area contributed by atoms with Crippen molar-refractivity contribution in [3.05, 3.63) is 22.7 Å². The number of anilines is 1. The van der Waals surface area contributed by atoms with Crippen LogP contribution >= 0.6 is 15.2 Å². The molecular weight excluding hydrogens is 540 g/mol. The minimum Gasteiger partial charge on any atom is -0.376 e. The summed E-state index contributed by atoms with van der Waals surface area (Å²) in [5.41, 5.74) is -0.788. The van der Waals surface area contributed by atoms with Crippen LogP contribution in [-0.2, 0) is 46.8 Å². The molecule has 4 unspecified atom stereocenters. The van der Waals surface area contributed by atoms with Crippen molar-refractivity contribution < 1.29 is 56.6 Å². The fourth-order valence-electron chi connectivity index (χ4n) is 3.45. The fourth-order valence-corrected chi connectivity index (χ4v) is 6.72. The van der Waals surface area contributed by atoms with Crippen molar-refractivity contribution in [3.63, 3.8) is 0 Å². The van der Waals surface area contributed by atoms with Crippen molar-refractivity contribution >= 4 is 39.5 Å². The summed E-state index contributed by atoms with van der Waals surface area (Å²) in [6, 6.07) is 1.36. The Morgan fingerprint density at radius 3 is 2.41 bits per heavy atom. The fraction of sp³-hybridized carbons (Fsp3) is 0.632. The first-order valence-electron chi connectivity index (χ1n) is 10.8. The van der Waals surface area contributed by atoms with Gasteiger partial charge >= 0.3 is 20.9 Å². The van der Waals surface area contributed by atoms with E-state index in [2.05, 4.69) is 10.3 Å². The molecule has 208 valence electrons. The number of nitrogens with zero attached hydrogens (tertiary/aromatic N) is 2. The lowest BCUT2D eigenvalue weighted by Gasteiger charge is -2.23. The van der Waals surface area contributed by atoms with E-state index in [-0.39, 0.29) is 12.2 Å². The average molecular weight is 569 g/mol. The zero-order chi connectivity index (χ0) is 27.8. The Morgan fingerprint density at radius 2 is 1.86 bits per heavy atom. The van der Waals surface area contributed by atoms with Crippen LogP contribution in [0.4, 0.5) is 5.82 Å². The summed E-state index contributed by atoms with van der Waals surface area (Å²) in [6.45, 7) is 0.0461. The van der Waals surface area contributed by atoms with Gasteiger partial charge in [-0.15, -0.1) is 0 Å². The van der Waals surface area contributed by atoms with Crippen molar-refractivity contribution in [1.82, 2.24) is 9.55 Å². The second kappa shape index (κ2) is 13.6. The molecule has 2 rings (SSSR count). The summed E-state index contributed by atoms with van der Waals surface area (Å²) >= 11 is 0. The molecule has 1 saturated heterocycles. The topological polar surface area (TPSA) is 219 Å². The van der Waals surface area contributed by atoms with Gasteiger partial charge in [0.15, 0.2) is 12.1 Å². The van der Waals surface area contributed by atoms with Crippen molar-refractivity contribution in [2.45, 2.75) is 37.9 Å². The van der Waals surface area contributed by atoms with Gasteiger partial charge < -0.3 is 48.0 Å². The molecule has 1 aliphatic heterocycles. The third-order valence-electron chi connectivity index (χ3n) is 5.12. The lowest BCUT2D eigenvalue weighted by molar-refractivity contribution is -0.116. The molecule has 0 aromatic carbocycles. The summed E-state index contributed by atoms with van der Waals surface area (Å²) < 4.78 is 52.0. The second-order valence-corrected chi connectivity index (χ2v) is 12.2. The first-order valence-corrected chi connectivity index (χ1v) is 14.3. The number of carbonyl (C=O) groups is 3. The van der Waals surface area contributed by atoms with Crippen LogP contribution in [0.15, 0.2) is 17.1 Å². The number of nitrogens with one attached hydrogen (secondary N) is 1. The zero-order valence-corrected chi connectivity index (χ0v) is 22.0. The molecule has 1 amide bonds. The smallest absolute Gasteiger partial charge is 0.351 e. The van der Waals surface area contributed by atoms with E-state index in [0.717, 1.165) is 4.57 Å². The van der Waals surface area contributed by atoms with E-state index in [1.165, 1.54) is 33.4 Å². The summed E-state index contributed by atoms with van der Waals surface area (Å²) in [6.07, 6.45) is -2.10. The van der Waals surface area contributed by atoms with E-state index >= 15 is 0 Å². The van der Waals surface area contributed by atoms with Gasteiger partial charge in [-0.25, -0.2) is 4.79 Å². The average Bonchev–Trinajstić information content (AvgIpc) is 3.16. The van der Waals surface area contributed by atoms with Gasteiger partial charge in [-0.2, -0.15) is 4.98 Å². The van der Waals surface area contributed by atoms with E-state index in [1.54, 1.807) is 0 Å². The first-order chi connectivity index (χ1) is 17.4. The van der Waals surface area contributed by atoms with Gasteiger partial charge in [0.05, 0.1) is 13.2 Å². The Hall–Kier alpha value is -2.13. The predicted octanol–water partition coefficient (Wildman–Crippen LogP) is -0.105. The normalized spacial score (nSPS) is 25.5. The van der Waals surface area contributed by atoms with E-state index < -0.39 is 76.4 Å². The minimum atomic E-state index is -4.73. The largest absolute Gasteiger partial charge is 0.376 e. The number of amides is 1. The lowest BCUT2D eigenvalue weighted by Crippen LogP contribution is -2.38. The van der Waals surface area contributed by atoms with Crippen molar-refractivity contribution in [2.24, 2.45) is 5.92 Å². The van der Waals surface area contributed by atoms with E-state index in [0.29, 0.717) is 12.6 Å². The maximum absolute atomic E-state index is 12.5. The number of rotatable bonds is 15. The Bertz CT molecular complexity index is 1110. The molecule has 0 saturated carbocycles. The maximum atomic E-state index is 12.5. The summed E-state index contributed by atoms with van der Waals surface area (Å²) in [7, 11) is -6.77. The highest BCUT2D eigenvalue weighted by Gasteiger charge is 2.48. The van der Waals surface area contributed by atoms with Crippen LogP contribution in [0.1, 0.15) is 19.6 Å². The highest BCUT2D eigenvalue weighted by atomic mass is 31.2. The van der Waals surface area contributed by atoms with Gasteiger partial charge in [-0.05, 0) is 6.07 Å². The molecule has 16 nitrogen and oxygen atoms in total. The third-order valence-corrected chi connectivity index (χ3v) is 9.08. The predicted molar refractivity (Wildman–Crippen MR) is 125 cm³/mol. The molecule has 1 fully saturated rings. The molecule has 2 heterocycles. The van der Waals surface area contributed by atoms with Crippen LogP contribution in [0.25, 0.3) is 0 Å².